The van der Waals surface area contributed by atoms with Crippen LogP contribution in [0.4, 0.5) is 13.2 Å². The molecule has 0 bridgehead atoms. The normalized spacial score (nSPS) is 23.2. The van der Waals surface area contributed by atoms with E-state index in [0.29, 0.717) is 24.9 Å². The molecule has 2 atom stereocenters. The number of nitrogens with zero attached hydrogens (tertiary/aromatic N) is 1. The molecule has 0 saturated carbocycles. The van der Waals surface area contributed by atoms with Crippen LogP contribution in [0.3, 0.4) is 0 Å². The zero-order valence-electron chi connectivity index (χ0n) is 11.9. The summed E-state index contributed by atoms with van der Waals surface area (Å²) in [5.74, 6) is 0.414. The van der Waals surface area contributed by atoms with Gasteiger partial charge in [-0.1, -0.05) is 29.8 Å². The molecular weight excluding hydrogens is 347 g/mol. The number of alkyl halides is 3. The lowest BCUT2D eigenvalue weighted by Crippen LogP contribution is -2.42. The van der Waals surface area contributed by atoms with Crippen molar-refractivity contribution in [1.29, 1.82) is 0 Å². The fraction of sp³-hybridized carbons (Fsp3) is 0.533. The molecule has 1 amide bonds. The van der Waals surface area contributed by atoms with Gasteiger partial charge in [-0.25, -0.2) is 0 Å². The molecule has 21 heavy (non-hydrogen) atoms. The number of halogens is 4. The molecule has 1 aliphatic heterocycles. The molecule has 1 saturated heterocycles. The van der Waals surface area contributed by atoms with Gasteiger partial charge in [-0.2, -0.15) is 13.2 Å². The molecule has 0 aliphatic carbocycles. The molecule has 2 unspecified atom stereocenters. The van der Waals surface area contributed by atoms with Crippen LogP contribution in [-0.4, -0.2) is 23.9 Å². The summed E-state index contributed by atoms with van der Waals surface area (Å²) in [4.78, 5) is 14.1. The minimum atomic E-state index is -4.47. The Morgan fingerprint density at radius 1 is 1.24 bits per heavy atom. The van der Waals surface area contributed by atoms with Crippen LogP contribution in [-0.2, 0) is 6.18 Å². The van der Waals surface area contributed by atoms with E-state index in [9.17, 15) is 18.0 Å². The van der Waals surface area contributed by atoms with E-state index in [1.165, 1.54) is 12.1 Å². The molecule has 1 aromatic rings. The van der Waals surface area contributed by atoms with Crippen molar-refractivity contribution in [3.05, 3.63) is 33.8 Å². The lowest BCUT2D eigenvalue weighted by Gasteiger charge is -2.35. The number of hydrogen-bond acceptors (Lipinski definition) is 1. The van der Waals surface area contributed by atoms with Gasteiger partial charge in [0.2, 0.25) is 0 Å². The maximum absolute atomic E-state index is 12.9. The zero-order valence-corrected chi connectivity index (χ0v) is 13.5. The van der Waals surface area contributed by atoms with Crippen LogP contribution >= 0.6 is 15.9 Å². The second-order valence-electron chi connectivity index (χ2n) is 5.85. The van der Waals surface area contributed by atoms with Gasteiger partial charge >= 0.3 is 6.18 Å². The number of likely N-dealkylation sites (tertiary alicyclic amines) is 1. The highest BCUT2D eigenvalue weighted by molar-refractivity contribution is 9.10. The van der Waals surface area contributed by atoms with E-state index < -0.39 is 11.7 Å². The van der Waals surface area contributed by atoms with E-state index in [1.54, 1.807) is 4.90 Å². The summed E-state index contributed by atoms with van der Waals surface area (Å²) < 4.78 is 38.7. The number of carbonyl (C=O) groups is 1. The van der Waals surface area contributed by atoms with E-state index in [0.717, 1.165) is 12.5 Å². The summed E-state index contributed by atoms with van der Waals surface area (Å²) in [6.45, 7) is 5.30. The van der Waals surface area contributed by atoms with Gasteiger partial charge in [0.05, 0.1) is 5.56 Å². The molecule has 2 nitrogen and oxygen atoms in total. The van der Waals surface area contributed by atoms with Gasteiger partial charge in [0.1, 0.15) is 0 Å². The third kappa shape index (κ3) is 3.78. The molecular formula is C15H17BrF3NO. The summed E-state index contributed by atoms with van der Waals surface area (Å²) >= 11 is 2.89. The smallest absolute Gasteiger partial charge is 0.338 e. The summed E-state index contributed by atoms with van der Waals surface area (Å²) in [5.41, 5.74) is -0.724. The highest BCUT2D eigenvalue weighted by atomic mass is 79.9. The molecule has 1 aliphatic rings. The van der Waals surface area contributed by atoms with Crippen molar-refractivity contribution in [3.63, 3.8) is 0 Å². The van der Waals surface area contributed by atoms with Crippen molar-refractivity contribution in [3.8, 4) is 0 Å². The summed E-state index contributed by atoms with van der Waals surface area (Å²) in [6, 6.07) is 3.65. The first-order chi connectivity index (χ1) is 9.68. The predicted molar refractivity (Wildman–Crippen MR) is 78.0 cm³/mol. The quantitative estimate of drug-likeness (QED) is 0.714. The molecule has 0 spiro atoms. The van der Waals surface area contributed by atoms with Crippen molar-refractivity contribution in [2.75, 3.05) is 13.1 Å². The van der Waals surface area contributed by atoms with E-state index in [1.807, 2.05) is 0 Å². The summed E-state index contributed by atoms with van der Waals surface area (Å²) in [5, 5.41) is 0. The largest absolute Gasteiger partial charge is 0.417 e. The molecule has 116 valence electrons. The van der Waals surface area contributed by atoms with E-state index >= 15 is 0 Å². The average molecular weight is 364 g/mol. The van der Waals surface area contributed by atoms with Crippen molar-refractivity contribution in [2.45, 2.75) is 26.4 Å². The Morgan fingerprint density at radius 2 is 1.81 bits per heavy atom. The van der Waals surface area contributed by atoms with Crippen LogP contribution in [0, 0.1) is 11.8 Å². The van der Waals surface area contributed by atoms with Crippen LogP contribution in [0.15, 0.2) is 22.7 Å². The van der Waals surface area contributed by atoms with Gasteiger partial charge in [-0.05, 0) is 36.5 Å². The first-order valence-electron chi connectivity index (χ1n) is 6.84. The standard InChI is InChI=1S/C15H17BrF3NO/c1-9-5-10(2)8-20(7-9)14(21)11-3-4-13(16)12(6-11)15(17,18)19/h3-4,6,9-10H,5,7-8H2,1-2H3. The lowest BCUT2D eigenvalue weighted by molar-refractivity contribution is -0.138. The second kappa shape index (κ2) is 5.99. The van der Waals surface area contributed by atoms with Crippen LogP contribution in [0.1, 0.15) is 36.2 Å². The van der Waals surface area contributed by atoms with Crippen LogP contribution in [0.5, 0.6) is 0 Å². The van der Waals surface area contributed by atoms with Crippen LogP contribution < -0.4 is 0 Å². The van der Waals surface area contributed by atoms with Crippen molar-refractivity contribution >= 4 is 21.8 Å². The van der Waals surface area contributed by atoms with Crippen LogP contribution in [0.2, 0.25) is 0 Å². The Balaban J connectivity index is 2.27. The van der Waals surface area contributed by atoms with Gasteiger partial charge < -0.3 is 4.90 Å². The molecule has 1 fully saturated rings. The number of hydrogen-bond donors (Lipinski definition) is 0. The minimum absolute atomic E-state index is 0.0491. The first kappa shape index (κ1) is 16.3. The maximum Gasteiger partial charge on any atom is 0.417 e. The molecule has 1 aromatic carbocycles. The highest BCUT2D eigenvalue weighted by Gasteiger charge is 2.34. The number of amides is 1. The SMILES string of the molecule is CC1CC(C)CN(C(=O)c2ccc(Br)c(C(F)(F)F)c2)C1. The van der Waals surface area contributed by atoms with Crippen molar-refractivity contribution in [2.24, 2.45) is 11.8 Å². The highest BCUT2D eigenvalue weighted by Crippen LogP contribution is 2.35. The number of benzene rings is 1. The maximum atomic E-state index is 12.9. The molecule has 2 rings (SSSR count). The Bertz CT molecular complexity index is 534. The third-order valence-electron chi connectivity index (χ3n) is 3.67. The predicted octanol–water partition coefficient (Wildman–Crippen LogP) is 4.59. The Hall–Kier alpha value is -1.04. The van der Waals surface area contributed by atoms with Gasteiger partial charge in [-0.3, -0.25) is 4.79 Å². The minimum Gasteiger partial charge on any atom is -0.338 e. The van der Waals surface area contributed by atoms with E-state index in [-0.39, 0.29) is 15.9 Å². The van der Waals surface area contributed by atoms with E-state index in [4.69, 9.17) is 0 Å². The molecule has 0 radical (unpaired) electrons. The fourth-order valence-electron chi connectivity index (χ4n) is 2.89. The molecule has 6 heteroatoms. The van der Waals surface area contributed by atoms with Gasteiger partial charge in [0.15, 0.2) is 0 Å². The lowest BCUT2D eigenvalue weighted by atomic mass is 9.91. The fourth-order valence-corrected chi connectivity index (χ4v) is 3.36. The Labute approximate surface area is 130 Å². The topological polar surface area (TPSA) is 20.3 Å². The Morgan fingerprint density at radius 3 is 2.33 bits per heavy atom. The Kier molecular flexibility index (Phi) is 4.66. The monoisotopic (exact) mass is 363 g/mol. The molecule has 0 N–H and O–H groups in total. The third-order valence-corrected chi connectivity index (χ3v) is 4.37. The van der Waals surface area contributed by atoms with Gasteiger partial charge in [0, 0.05) is 23.1 Å². The summed E-state index contributed by atoms with van der Waals surface area (Å²) in [6.07, 6.45) is -3.43. The van der Waals surface area contributed by atoms with Crippen LogP contribution in [0.25, 0.3) is 0 Å². The average Bonchev–Trinajstić information content (AvgIpc) is 2.36. The first-order valence-corrected chi connectivity index (χ1v) is 7.63. The van der Waals surface area contributed by atoms with Crippen molar-refractivity contribution in [1.82, 2.24) is 4.90 Å². The number of carbonyl (C=O) groups excluding carboxylic acids is 1. The van der Waals surface area contributed by atoms with Crippen molar-refractivity contribution < 1.29 is 18.0 Å². The summed E-state index contributed by atoms with van der Waals surface area (Å²) in [7, 11) is 0. The van der Waals surface area contributed by atoms with E-state index in [2.05, 4.69) is 29.8 Å². The molecule has 1 heterocycles. The molecule has 0 aromatic heterocycles. The number of rotatable bonds is 1. The second-order valence-corrected chi connectivity index (χ2v) is 6.70. The van der Waals surface area contributed by atoms with Gasteiger partial charge in [0.25, 0.3) is 5.91 Å². The van der Waals surface area contributed by atoms with Gasteiger partial charge in [-0.15, -0.1) is 0 Å². The zero-order chi connectivity index (χ0) is 15.8. The number of piperidine rings is 1.